The summed E-state index contributed by atoms with van der Waals surface area (Å²) >= 11 is 0. The Balaban J connectivity index is 2.01. The smallest absolute Gasteiger partial charge is 0.350 e. The number of carbonyl (C=O) groups excluding carboxylic acids is 2. The van der Waals surface area contributed by atoms with Gasteiger partial charge in [-0.1, -0.05) is 0 Å². The zero-order chi connectivity index (χ0) is 11.3. The highest BCUT2D eigenvalue weighted by molar-refractivity contribution is 6.01. The van der Waals surface area contributed by atoms with Gasteiger partial charge in [-0.2, -0.15) is 0 Å². The van der Waals surface area contributed by atoms with Gasteiger partial charge in [0.2, 0.25) is 5.60 Å². The van der Waals surface area contributed by atoms with Crippen LogP contribution in [-0.4, -0.2) is 24.5 Å². The average molecular weight is 222 g/mol. The summed E-state index contributed by atoms with van der Waals surface area (Å²) in [6.07, 6.45) is 3.65. The Labute approximate surface area is 93.6 Å². The van der Waals surface area contributed by atoms with E-state index in [2.05, 4.69) is 0 Å². The molecule has 0 saturated heterocycles. The van der Waals surface area contributed by atoms with E-state index in [1.54, 1.807) is 0 Å². The zero-order valence-corrected chi connectivity index (χ0v) is 9.25. The fourth-order valence-corrected chi connectivity index (χ4v) is 3.30. The first-order chi connectivity index (χ1) is 7.69. The summed E-state index contributed by atoms with van der Waals surface area (Å²) < 4.78 is 10.6. The van der Waals surface area contributed by atoms with Crippen molar-refractivity contribution in [1.29, 1.82) is 0 Å². The number of esters is 1. The highest BCUT2D eigenvalue weighted by atomic mass is 16.6. The van der Waals surface area contributed by atoms with Crippen LogP contribution in [0.3, 0.4) is 0 Å². The van der Waals surface area contributed by atoms with Crippen molar-refractivity contribution in [2.75, 3.05) is 7.11 Å². The van der Waals surface area contributed by atoms with Crippen LogP contribution in [0.15, 0.2) is 11.3 Å². The third-order valence-corrected chi connectivity index (χ3v) is 3.97. The van der Waals surface area contributed by atoms with Crippen LogP contribution in [0, 0.1) is 5.92 Å². The van der Waals surface area contributed by atoms with Gasteiger partial charge < -0.3 is 9.47 Å². The average Bonchev–Trinajstić information content (AvgIpc) is 2.88. The van der Waals surface area contributed by atoms with Crippen LogP contribution in [0.2, 0.25) is 0 Å². The van der Waals surface area contributed by atoms with Gasteiger partial charge in [0, 0.05) is 24.3 Å². The van der Waals surface area contributed by atoms with Crippen LogP contribution >= 0.6 is 0 Å². The van der Waals surface area contributed by atoms with Crippen LogP contribution in [0.1, 0.15) is 32.1 Å². The molecule has 0 unspecified atom stereocenters. The predicted molar refractivity (Wildman–Crippen MR) is 54.4 cm³/mol. The lowest BCUT2D eigenvalue weighted by molar-refractivity contribution is -0.164. The van der Waals surface area contributed by atoms with E-state index in [0.29, 0.717) is 19.3 Å². The van der Waals surface area contributed by atoms with Crippen LogP contribution in [0.25, 0.3) is 0 Å². The highest BCUT2D eigenvalue weighted by Gasteiger charge is 2.60. The molecule has 2 aliphatic carbocycles. The molecule has 0 aromatic rings. The Hall–Kier alpha value is -1.32. The van der Waals surface area contributed by atoms with Crippen LogP contribution < -0.4 is 0 Å². The molecule has 16 heavy (non-hydrogen) atoms. The molecule has 86 valence electrons. The lowest BCUT2D eigenvalue weighted by Gasteiger charge is -2.27. The maximum absolute atomic E-state index is 11.9. The summed E-state index contributed by atoms with van der Waals surface area (Å²) in [5.41, 5.74) is -0.0851. The Kier molecular flexibility index (Phi) is 1.91. The first-order valence-electron chi connectivity index (χ1n) is 5.73. The molecular weight excluding hydrogens is 208 g/mol. The molecule has 4 heteroatoms. The monoisotopic (exact) mass is 222 g/mol. The van der Waals surface area contributed by atoms with E-state index < -0.39 is 5.60 Å². The molecule has 1 saturated carbocycles. The van der Waals surface area contributed by atoms with E-state index in [9.17, 15) is 9.59 Å². The fraction of sp³-hybridized carbons (Fsp3) is 0.667. The number of ether oxygens (including phenoxy) is 2. The Morgan fingerprint density at radius 3 is 3.06 bits per heavy atom. The van der Waals surface area contributed by atoms with Gasteiger partial charge in [0.25, 0.3) is 0 Å². The first-order valence-corrected chi connectivity index (χ1v) is 5.73. The van der Waals surface area contributed by atoms with E-state index in [-0.39, 0.29) is 17.7 Å². The van der Waals surface area contributed by atoms with E-state index in [4.69, 9.17) is 9.47 Å². The molecule has 0 spiro atoms. The van der Waals surface area contributed by atoms with Gasteiger partial charge in [-0.15, -0.1) is 0 Å². The number of allylic oxidation sites excluding steroid dienone is 1. The SMILES string of the molecule is COC(=O)[C@]12CCC[C@H]1C1=C(CCC1=O)O2. The van der Waals surface area contributed by atoms with Gasteiger partial charge in [0.1, 0.15) is 5.76 Å². The van der Waals surface area contributed by atoms with E-state index in [1.807, 2.05) is 0 Å². The lowest BCUT2D eigenvalue weighted by Crippen LogP contribution is -2.43. The van der Waals surface area contributed by atoms with Crippen LogP contribution in [0.5, 0.6) is 0 Å². The number of hydrogen-bond acceptors (Lipinski definition) is 4. The van der Waals surface area contributed by atoms with Crippen LogP contribution in [0.4, 0.5) is 0 Å². The summed E-state index contributed by atoms with van der Waals surface area (Å²) in [6, 6.07) is 0. The van der Waals surface area contributed by atoms with Crippen molar-refractivity contribution in [3.05, 3.63) is 11.3 Å². The fourth-order valence-electron chi connectivity index (χ4n) is 3.30. The van der Waals surface area contributed by atoms with Gasteiger partial charge in [0.15, 0.2) is 5.78 Å². The second-order valence-corrected chi connectivity index (χ2v) is 4.69. The Morgan fingerprint density at radius 1 is 1.50 bits per heavy atom. The minimum Gasteiger partial charge on any atom is -0.479 e. The summed E-state index contributed by atoms with van der Waals surface area (Å²) in [5, 5.41) is 0. The molecule has 3 rings (SSSR count). The van der Waals surface area contributed by atoms with Crippen molar-refractivity contribution >= 4 is 11.8 Å². The third-order valence-electron chi connectivity index (χ3n) is 3.97. The summed E-state index contributed by atoms with van der Waals surface area (Å²) in [6.45, 7) is 0. The third kappa shape index (κ3) is 0.996. The van der Waals surface area contributed by atoms with E-state index in [1.165, 1.54) is 7.11 Å². The summed E-state index contributed by atoms with van der Waals surface area (Å²) in [7, 11) is 1.38. The van der Waals surface area contributed by atoms with Gasteiger partial charge in [-0.05, 0) is 19.3 Å². The molecule has 0 aromatic heterocycles. The van der Waals surface area contributed by atoms with Gasteiger partial charge in [-0.25, -0.2) is 4.79 Å². The van der Waals surface area contributed by atoms with Crippen molar-refractivity contribution < 1.29 is 19.1 Å². The topological polar surface area (TPSA) is 52.6 Å². The highest BCUT2D eigenvalue weighted by Crippen LogP contribution is 2.54. The number of ketones is 1. The number of hydrogen-bond donors (Lipinski definition) is 0. The number of rotatable bonds is 1. The number of Topliss-reactive ketones (excluding diaryl/α,β-unsaturated/α-hetero) is 1. The van der Waals surface area contributed by atoms with E-state index in [0.717, 1.165) is 24.2 Å². The standard InChI is InChI=1S/C12H14O4/c1-15-11(14)12-6-2-3-7(12)10-8(13)4-5-9(10)16-12/h7H,2-6H2,1H3/t7-,12-/m0/s1. The number of methoxy groups -OCH3 is 1. The largest absolute Gasteiger partial charge is 0.479 e. The van der Waals surface area contributed by atoms with Gasteiger partial charge in [0.05, 0.1) is 7.11 Å². The molecule has 0 aromatic carbocycles. The summed E-state index contributed by atoms with van der Waals surface area (Å²) in [5.74, 6) is 0.537. The quantitative estimate of drug-likeness (QED) is 0.628. The maximum atomic E-state index is 11.9. The molecule has 1 aliphatic heterocycles. The molecule has 1 heterocycles. The van der Waals surface area contributed by atoms with Crippen LogP contribution in [-0.2, 0) is 19.1 Å². The molecule has 4 nitrogen and oxygen atoms in total. The molecule has 1 fully saturated rings. The molecule has 2 atom stereocenters. The zero-order valence-electron chi connectivity index (χ0n) is 9.25. The number of fused-ring (bicyclic) bond motifs is 2. The lowest BCUT2D eigenvalue weighted by atomic mass is 9.85. The molecule has 0 bridgehead atoms. The minimum absolute atomic E-state index is 0.0510. The molecule has 0 amide bonds. The molecule has 0 radical (unpaired) electrons. The van der Waals surface area contributed by atoms with Crippen molar-refractivity contribution in [2.45, 2.75) is 37.7 Å². The number of carbonyl (C=O) groups is 2. The second kappa shape index (κ2) is 3.09. The second-order valence-electron chi connectivity index (χ2n) is 4.69. The minimum atomic E-state index is -0.866. The normalized spacial score (nSPS) is 36.1. The van der Waals surface area contributed by atoms with Crippen molar-refractivity contribution in [3.8, 4) is 0 Å². The van der Waals surface area contributed by atoms with Crippen molar-refractivity contribution in [3.63, 3.8) is 0 Å². The van der Waals surface area contributed by atoms with Crippen molar-refractivity contribution in [2.24, 2.45) is 5.92 Å². The summed E-state index contributed by atoms with van der Waals surface area (Å²) in [4.78, 5) is 23.6. The molecule has 0 N–H and O–H groups in total. The van der Waals surface area contributed by atoms with Crippen molar-refractivity contribution in [1.82, 2.24) is 0 Å². The van der Waals surface area contributed by atoms with Gasteiger partial charge in [-0.3, -0.25) is 4.79 Å². The van der Waals surface area contributed by atoms with Gasteiger partial charge >= 0.3 is 5.97 Å². The predicted octanol–water partition coefficient (Wildman–Crippen LogP) is 1.35. The first kappa shape index (κ1) is 9.87. The van der Waals surface area contributed by atoms with E-state index >= 15 is 0 Å². The Morgan fingerprint density at radius 2 is 2.31 bits per heavy atom. The maximum Gasteiger partial charge on any atom is 0.350 e. The Bertz CT molecular complexity index is 409. The molecular formula is C12H14O4. The molecule has 3 aliphatic rings.